The summed E-state index contributed by atoms with van der Waals surface area (Å²) in [5.74, 6) is 0.870. The zero-order chi connectivity index (χ0) is 104. The Kier molecular flexibility index (Phi) is 62.5. The molecule has 0 unspecified atom stereocenters. The normalized spacial score (nSPS) is 12.3. The smallest absolute Gasteiger partial charge is 1.00 e. The molecule has 12 heterocycles. The number of nitrogens with one attached hydrogen (secondary N) is 8. The molecule has 0 saturated heterocycles. The molecule has 0 fully saturated rings. The molecule has 9 aromatic heterocycles. The Morgan fingerprint density at radius 1 is 0.577 bits per heavy atom. The van der Waals surface area contributed by atoms with E-state index >= 15 is 0 Å². The zero-order valence-corrected chi connectivity index (χ0v) is 90.4. The van der Waals surface area contributed by atoms with Gasteiger partial charge in [0.1, 0.15) is 59.7 Å². The molecule has 0 spiro atoms. The number of hydrogen-bond acceptors (Lipinski definition) is 26. The maximum absolute atomic E-state index is 13.3. The number of nitrogens with zero attached hydrogens (tertiary/aromatic N) is 16. The number of imidazole rings is 7. The molecule has 4 aromatic carbocycles. The van der Waals surface area contributed by atoms with Crippen molar-refractivity contribution in [1.82, 2.24) is 89.1 Å². The van der Waals surface area contributed by atoms with Crippen molar-refractivity contribution in [2.75, 3.05) is 45.3 Å². The van der Waals surface area contributed by atoms with Gasteiger partial charge in [-0.25, -0.2) is 58.9 Å². The monoisotopic (exact) mass is 2180 g/mol. The summed E-state index contributed by atoms with van der Waals surface area (Å²) in [6, 6.07) is 36.5. The number of aliphatic hydroxyl groups is 2. The van der Waals surface area contributed by atoms with Gasteiger partial charge in [0.15, 0.2) is 12.1 Å². The molecule has 0 atom stereocenters. The number of nitrogens with two attached hydrogens (primary N) is 1. The molecule has 142 heavy (non-hydrogen) atoms. The third-order valence-electron chi connectivity index (χ3n) is 17.2. The number of ketones is 1. The third-order valence-corrected chi connectivity index (χ3v) is 18.5. The number of carbonyl (C=O) groups excluding carboxylic acids is 5. The molecule has 2 amide bonds. The van der Waals surface area contributed by atoms with Gasteiger partial charge < -0.3 is 90.9 Å². The first-order chi connectivity index (χ1) is 65.2. The van der Waals surface area contributed by atoms with Crippen LogP contribution >= 0.6 is 104 Å². The van der Waals surface area contributed by atoms with Crippen molar-refractivity contribution >= 4 is 188 Å². The summed E-state index contributed by atoms with van der Waals surface area (Å²) < 4.78 is 31.7. The number of benzene rings is 4. The Labute approximate surface area is 905 Å². The van der Waals surface area contributed by atoms with Crippen LogP contribution in [0.25, 0.3) is 21.8 Å². The molecular formula is C93H131Cl9N25NaO13S. The number of aldehydes is 1. The number of amides is 2. The minimum Gasteiger partial charge on any atom is -1.00 e. The Bertz CT molecular complexity index is 6050. The topological polar surface area (TPSA) is 566 Å². The van der Waals surface area contributed by atoms with E-state index in [2.05, 4.69) is 146 Å². The molecule has 0 radical (unpaired) electrons. The number of fused-ring (bicyclic) bond motifs is 2. The molecule has 0 saturated carbocycles. The Hall–Kier alpha value is -11.6. The predicted molar refractivity (Wildman–Crippen MR) is 572 cm³/mol. The second-order valence-corrected chi connectivity index (χ2v) is 36.6. The van der Waals surface area contributed by atoms with Gasteiger partial charge in [0, 0.05) is 144 Å². The van der Waals surface area contributed by atoms with E-state index in [0.29, 0.717) is 83.3 Å². The van der Waals surface area contributed by atoms with Gasteiger partial charge in [0.05, 0.1) is 140 Å². The second-order valence-electron chi connectivity index (χ2n) is 32.6. The number of carboxylic acids is 1. The van der Waals surface area contributed by atoms with Crippen LogP contribution < -0.4 is 45.9 Å². The molecule has 13 N–H and O–H groups in total. The van der Waals surface area contributed by atoms with Crippen molar-refractivity contribution in [3.8, 4) is 18.2 Å². The van der Waals surface area contributed by atoms with Crippen LogP contribution in [-0.4, -0.2) is 229 Å². The average Bonchev–Trinajstić information content (AvgIpc) is 1.61. The number of aromatic amines is 6. The van der Waals surface area contributed by atoms with Crippen LogP contribution in [0.1, 0.15) is 218 Å². The van der Waals surface area contributed by atoms with Crippen LogP contribution in [0.15, 0.2) is 206 Å². The summed E-state index contributed by atoms with van der Waals surface area (Å²) in [6.45, 7) is 30.3. The fourth-order valence-electron chi connectivity index (χ4n) is 10.7. The van der Waals surface area contributed by atoms with Gasteiger partial charge in [-0.05, 0) is 142 Å². The fraction of sp³-hybridized carbons (Fsp3) is 0.344. The number of aliphatic imine (C=N–C) groups is 3. The van der Waals surface area contributed by atoms with Crippen molar-refractivity contribution in [3.05, 3.63) is 269 Å². The number of para-hydroxylation sites is 2. The standard InChI is InChI=1S/C24H21ClN4O2.C16H12ClNO.C9H13N3O.C8H12ClN3O.C8H13N3O2.C8H11N3O.C4H3ClN2O.C4H4N2O2.C4H11NO.3C2H3N.CH3Cl.CH4.Cl2OS.2ClH.Na.6H2.H/c1-24(2)14-31-23(28-24)19-11-26-22(27-19)21(30)18-13-29(20-6-4-3-5-17(18)20)12-15-7-9-16(25)10-8-15;17-14-7-5-12(6-8-14)9-18-10-13(11-19)15-3-1-2-4-16(15)18;1-9(2)5-13-8(11-9)7-4-10-6-12(7)3;1-8(2,4-9)12-7(13)6-3-10-5-11-6;1-8(2,4-12)11-7(13)6-3-9-5-10-6;1-8(2)4-12-7(11-8)6-3-9-5-10-6;5-4(8)3-1-6-2-7-3;7-4(8)3-1-5-2-6-3;1-4(2,5)3-6;3*1-2-3;1-2;;1-4(2)3;;;;;;;;;;/h3-11,13H,12,14H2,1-2H3,(H,26,27);1-8,10-11H,9H2;4,6H,5H2,1-3H3;3,5H,4H2,1-2H3,(H,10,11)(H,12,13);3,5,12H,4H2,1-2H3,(H,9,10)(H,11,13);3,5H,4H2,1-2H3,(H,9,10);1-2H,(H,6,7);1-2H,(H,5,6)(H,7,8);6H,3,5H2,1-2H3;3*1H3;1H3;1H4;;2*1H;;6*1H;/q;;;;;;;;;;;;;;;;;+1;;;;;;;-1. The van der Waals surface area contributed by atoms with E-state index in [1.54, 1.807) is 77.1 Å². The van der Waals surface area contributed by atoms with Crippen LogP contribution in [-0.2, 0) is 43.6 Å². The number of carboxylic acid groups (broad SMARTS) is 1. The summed E-state index contributed by atoms with van der Waals surface area (Å²) in [5.41, 5.74) is 12.7. The largest absolute Gasteiger partial charge is 1.00 e. The van der Waals surface area contributed by atoms with E-state index in [-0.39, 0.29) is 131 Å². The van der Waals surface area contributed by atoms with Crippen molar-refractivity contribution < 1.29 is 102 Å². The molecule has 3 aliphatic heterocycles. The van der Waals surface area contributed by atoms with Crippen LogP contribution in [0, 0.1) is 34.0 Å². The Morgan fingerprint density at radius 3 is 1.29 bits per heavy atom. The number of alkyl halides is 2. The average molecular weight is 2180 g/mol. The summed E-state index contributed by atoms with van der Waals surface area (Å²) >= 11 is 27.2. The number of halogens is 9. The molecule has 3 aliphatic rings. The van der Waals surface area contributed by atoms with Crippen LogP contribution in [0.3, 0.4) is 0 Å². The number of aliphatic hydroxyl groups excluding tert-OH is 2. The molecule has 38 nitrogen and oxygen atoms in total. The van der Waals surface area contributed by atoms with Crippen LogP contribution in [0.5, 0.6) is 0 Å². The van der Waals surface area contributed by atoms with Gasteiger partial charge in [-0.15, -0.1) is 48.0 Å². The van der Waals surface area contributed by atoms with Crippen LogP contribution in [0.4, 0.5) is 0 Å². The quantitative estimate of drug-likeness (QED) is 0.0118. The Balaban J connectivity index is -0.000000213. The molecule has 0 aliphatic carbocycles. The molecule has 16 rings (SSSR count). The van der Waals surface area contributed by atoms with Gasteiger partial charge in [-0.1, -0.05) is 91.3 Å². The van der Waals surface area contributed by atoms with Crippen molar-refractivity contribution in [3.63, 3.8) is 0 Å². The minimum absolute atomic E-state index is 0. The van der Waals surface area contributed by atoms with E-state index in [1.807, 2.05) is 163 Å². The van der Waals surface area contributed by atoms with Gasteiger partial charge in [0.25, 0.3) is 17.1 Å². The minimum atomic E-state index is -1.67. The van der Waals surface area contributed by atoms with Crippen LogP contribution in [0.2, 0.25) is 10.0 Å². The summed E-state index contributed by atoms with van der Waals surface area (Å²) in [7, 11) is 9.29. The fourth-order valence-corrected chi connectivity index (χ4v) is 11.1. The van der Waals surface area contributed by atoms with Crippen molar-refractivity contribution in [2.45, 2.75) is 158 Å². The summed E-state index contributed by atoms with van der Waals surface area (Å²) in [4.78, 5) is 124. The first-order valence-electron chi connectivity index (χ1n) is 41.1. The second kappa shape index (κ2) is 67.0. The van der Waals surface area contributed by atoms with Gasteiger partial charge in [-0.3, -0.25) is 24.0 Å². The maximum Gasteiger partial charge on any atom is 1.00 e. The van der Waals surface area contributed by atoms with Gasteiger partial charge in [0.2, 0.25) is 32.7 Å². The zero-order valence-electron chi connectivity index (χ0n) is 81.7. The number of rotatable bonds is 19. The predicted octanol–water partition coefficient (Wildman–Crippen LogP) is 16.2. The van der Waals surface area contributed by atoms with E-state index < -0.39 is 37.1 Å². The number of aromatic nitrogens is 16. The van der Waals surface area contributed by atoms with Crippen molar-refractivity contribution in [1.29, 1.82) is 15.8 Å². The number of aromatic carboxylic acids is 1. The van der Waals surface area contributed by atoms with Gasteiger partial charge >= 0.3 is 35.5 Å². The molecule has 49 heteroatoms. The molecule has 776 valence electrons. The Morgan fingerprint density at radius 2 is 0.951 bits per heavy atom. The number of ether oxygens (including phenoxy) is 3. The summed E-state index contributed by atoms with van der Waals surface area (Å²) in [6.07, 6.45) is 25.7. The number of aryl methyl sites for hydroxylation is 1. The first-order valence-corrected chi connectivity index (χ1v) is 46.4. The van der Waals surface area contributed by atoms with E-state index in [4.69, 9.17) is 102 Å². The molecule has 13 aromatic rings. The summed E-state index contributed by atoms with van der Waals surface area (Å²) in [5, 5.41) is 55.5. The number of H-pyrrole nitrogens is 6. The van der Waals surface area contributed by atoms with E-state index in [9.17, 15) is 28.8 Å². The molecule has 0 bridgehead atoms. The first kappa shape index (κ1) is 132. The van der Waals surface area contributed by atoms with E-state index in [0.717, 1.165) is 67.7 Å². The SMILES string of the molecule is C.CC#N.CC#N.CC#N.CC(C)(CCl)NC(=O)c1cnc[nH]1.CC(C)(CO)NC(=O)c1cnc[nH]1.CC(C)(N)CO.CC1(C)COC(c2cnc(C(=O)c3cn(Cc4ccc(Cl)cc4)c4ccccc34)[nH]2)=N1.CC1(C)COC(c2cnc[nH]2)=N1.CCl.Cl.Cl.Cn1cncc1C1=NC(C)(C)CO1.O=C(Cl)c1cnc[nH]1.O=C(O)c1cnc[nH]1.O=Cc1cn(Cc2ccc(Cl)cc2)c2ccccc12.O=S(Cl)Cl.[H-].[HH].[HH].[HH].[HH].[HH].[HH].[Na+]. The third kappa shape index (κ3) is 48.9. The number of hydrogen-bond donors (Lipinski definition) is 12. The molecular weight excluding hydrogens is 2050 g/mol. The van der Waals surface area contributed by atoms with E-state index in [1.165, 1.54) is 77.3 Å². The number of nitriles is 3. The van der Waals surface area contributed by atoms with Crippen molar-refractivity contribution in [2.24, 2.45) is 27.8 Å². The maximum atomic E-state index is 13.3. The van der Waals surface area contributed by atoms with Gasteiger partial charge in [-0.2, -0.15) is 15.8 Å². The number of carbonyl (C=O) groups is 6.